The number of nitrogens with zero attached hydrogens (tertiary/aromatic N) is 4. The molecular weight excluding hydrogens is 328 g/mol. The summed E-state index contributed by atoms with van der Waals surface area (Å²) in [6, 6.07) is 10.3. The molecule has 0 spiro atoms. The second-order valence-electron chi connectivity index (χ2n) is 6.36. The molecule has 1 amide bonds. The van der Waals surface area contributed by atoms with E-state index in [1.165, 1.54) is 11.1 Å². The van der Waals surface area contributed by atoms with Crippen molar-refractivity contribution in [3.8, 4) is 0 Å². The monoisotopic (exact) mass is 348 g/mol. The van der Waals surface area contributed by atoms with E-state index in [0.29, 0.717) is 30.7 Å². The number of benzene rings is 1. The Hall–Kier alpha value is -2.99. The maximum absolute atomic E-state index is 12.9. The van der Waals surface area contributed by atoms with Gasteiger partial charge in [-0.05, 0) is 29.5 Å². The fraction of sp³-hybridized carbons (Fsp3) is 0.250. The van der Waals surface area contributed by atoms with Crippen LogP contribution in [0.25, 0.3) is 11.2 Å². The SMILES string of the molecule is O=C(c1cnn2cc(CCO)cnc12)N1CC=C(c2ccccc2)CC1. The Kier molecular flexibility index (Phi) is 4.50. The minimum atomic E-state index is -0.0502. The third-order valence-corrected chi connectivity index (χ3v) is 4.68. The van der Waals surface area contributed by atoms with Gasteiger partial charge in [0.15, 0.2) is 5.65 Å². The van der Waals surface area contributed by atoms with Gasteiger partial charge in [0, 0.05) is 32.1 Å². The number of aliphatic hydroxyl groups is 1. The van der Waals surface area contributed by atoms with E-state index >= 15 is 0 Å². The maximum atomic E-state index is 12.9. The summed E-state index contributed by atoms with van der Waals surface area (Å²) in [5.74, 6) is -0.0502. The highest BCUT2D eigenvalue weighted by Crippen LogP contribution is 2.23. The summed E-state index contributed by atoms with van der Waals surface area (Å²) < 4.78 is 1.60. The minimum Gasteiger partial charge on any atom is -0.396 e. The number of hydrogen-bond donors (Lipinski definition) is 1. The van der Waals surface area contributed by atoms with Gasteiger partial charge in [0.25, 0.3) is 5.91 Å². The summed E-state index contributed by atoms with van der Waals surface area (Å²) >= 11 is 0. The number of carbonyl (C=O) groups is 1. The van der Waals surface area contributed by atoms with Crippen molar-refractivity contribution in [1.82, 2.24) is 19.5 Å². The van der Waals surface area contributed by atoms with E-state index in [1.807, 2.05) is 23.1 Å². The van der Waals surface area contributed by atoms with Gasteiger partial charge in [-0.15, -0.1) is 0 Å². The second kappa shape index (κ2) is 7.09. The molecule has 0 saturated heterocycles. The molecule has 3 heterocycles. The van der Waals surface area contributed by atoms with E-state index in [1.54, 1.807) is 23.1 Å². The molecule has 132 valence electrons. The van der Waals surface area contributed by atoms with Crippen molar-refractivity contribution in [2.24, 2.45) is 0 Å². The lowest BCUT2D eigenvalue weighted by Gasteiger charge is -2.26. The number of hydrogen-bond acceptors (Lipinski definition) is 4. The number of rotatable bonds is 4. The van der Waals surface area contributed by atoms with E-state index in [4.69, 9.17) is 5.11 Å². The first-order chi connectivity index (χ1) is 12.8. The van der Waals surface area contributed by atoms with Crippen LogP contribution < -0.4 is 0 Å². The molecule has 0 fully saturated rings. The Morgan fingerprint density at radius 2 is 2.04 bits per heavy atom. The first-order valence-electron chi connectivity index (χ1n) is 8.73. The normalized spacial score (nSPS) is 14.5. The molecule has 3 aromatic rings. The third-order valence-electron chi connectivity index (χ3n) is 4.68. The average molecular weight is 348 g/mol. The van der Waals surface area contributed by atoms with Crippen molar-refractivity contribution in [1.29, 1.82) is 0 Å². The van der Waals surface area contributed by atoms with Crippen LogP contribution in [0.4, 0.5) is 0 Å². The molecule has 4 rings (SSSR count). The van der Waals surface area contributed by atoms with Crippen molar-refractivity contribution in [3.05, 3.63) is 71.7 Å². The number of carbonyl (C=O) groups excluding carboxylic acids is 1. The highest BCUT2D eigenvalue weighted by molar-refractivity contribution is 6.00. The maximum Gasteiger partial charge on any atom is 0.259 e. The first kappa shape index (κ1) is 16.5. The highest BCUT2D eigenvalue weighted by Gasteiger charge is 2.23. The van der Waals surface area contributed by atoms with Gasteiger partial charge >= 0.3 is 0 Å². The molecule has 1 N–H and O–H groups in total. The Morgan fingerprint density at radius 3 is 2.77 bits per heavy atom. The molecule has 0 bridgehead atoms. The smallest absolute Gasteiger partial charge is 0.259 e. The van der Waals surface area contributed by atoms with Crippen LogP contribution in [0.5, 0.6) is 0 Å². The molecule has 2 aromatic heterocycles. The lowest BCUT2D eigenvalue weighted by molar-refractivity contribution is 0.0774. The van der Waals surface area contributed by atoms with Crippen LogP contribution in [0.2, 0.25) is 0 Å². The first-order valence-corrected chi connectivity index (χ1v) is 8.73. The fourth-order valence-corrected chi connectivity index (χ4v) is 3.26. The summed E-state index contributed by atoms with van der Waals surface area (Å²) in [6.07, 6.45) is 8.54. The summed E-state index contributed by atoms with van der Waals surface area (Å²) in [7, 11) is 0. The van der Waals surface area contributed by atoms with Gasteiger partial charge in [-0.25, -0.2) is 9.50 Å². The molecule has 0 aliphatic carbocycles. The molecule has 1 aliphatic rings. The zero-order chi connectivity index (χ0) is 17.9. The van der Waals surface area contributed by atoms with Gasteiger partial charge in [-0.3, -0.25) is 4.79 Å². The van der Waals surface area contributed by atoms with Gasteiger partial charge < -0.3 is 10.0 Å². The van der Waals surface area contributed by atoms with Crippen molar-refractivity contribution in [3.63, 3.8) is 0 Å². The van der Waals surface area contributed by atoms with Gasteiger partial charge in [0.2, 0.25) is 0 Å². The van der Waals surface area contributed by atoms with E-state index < -0.39 is 0 Å². The van der Waals surface area contributed by atoms with Crippen molar-refractivity contribution in [2.45, 2.75) is 12.8 Å². The van der Waals surface area contributed by atoms with Crippen LogP contribution >= 0.6 is 0 Å². The Bertz CT molecular complexity index is 962. The lowest BCUT2D eigenvalue weighted by Crippen LogP contribution is -2.34. The van der Waals surface area contributed by atoms with E-state index in [-0.39, 0.29) is 12.5 Å². The zero-order valence-electron chi connectivity index (χ0n) is 14.4. The van der Waals surface area contributed by atoms with E-state index in [9.17, 15) is 4.79 Å². The lowest BCUT2D eigenvalue weighted by atomic mass is 9.99. The number of fused-ring (bicyclic) bond motifs is 1. The third kappa shape index (κ3) is 3.11. The molecule has 1 aromatic carbocycles. The Balaban J connectivity index is 1.54. The average Bonchev–Trinajstić information content (AvgIpc) is 3.12. The van der Waals surface area contributed by atoms with Crippen molar-refractivity contribution < 1.29 is 9.90 Å². The summed E-state index contributed by atoms with van der Waals surface area (Å²) in [6.45, 7) is 1.33. The van der Waals surface area contributed by atoms with Crippen LogP contribution in [0.15, 0.2) is 55.0 Å². The minimum absolute atomic E-state index is 0.0502. The van der Waals surface area contributed by atoms with Gasteiger partial charge in [-0.1, -0.05) is 36.4 Å². The van der Waals surface area contributed by atoms with Crippen LogP contribution in [-0.2, 0) is 6.42 Å². The van der Waals surface area contributed by atoms with Crippen LogP contribution in [-0.4, -0.2) is 50.2 Å². The molecule has 0 saturated carbocycles. The fourth-order valence-electron chi connectivity index (χ4n) is 3.26. The highest BCUT2D eigenvalue weighted by atomic mass is 16.3. The number of aliphatic hydroxyl groups excluding tert-OH is 1. The van der Waals surface area contributed by atoms with Crippen LogP contribution in [0.3, 0.4) is 0 Å². The van der Waals surface area contributed by atoms with Crippen LogP contribution in [0, 0.1) is 0 Å². The molecular formula is C20H20N4O2. The van der Waals surface area contributed by atoms with Crippen molar-refractivity contribution >= 4 is 17.1 Å². The standard InChI is InChI=1S/C20H20N4O2/c25-11-8-15-12-21-19-18(13-22-24(19)14-15)20(26)23-9-6-17(7-10-23)16-4-2-1-3-5-16/h1-6,12-14,25H,7-11H2. The Morgan fingerprint density at radius 1 is 1.19 bits per heavy atom. The quantitative estimate of drug-likeness (QED) is 0.785. The second-order valence-corrected chi connectivity index (χ2v) is 6.36. The topological polar surface area (TPSA) is 70.7 Å². The largest absolute Gasteiger partial charge is 0.396 e. The van der Waals surface area contributed by atoms with E-state index in [2.05, 4.69) is 28.3 Å². The van der Waals surface area contributed by atoms with E-state index in [0.717, 1.165) is 12.0 Å². The predicted octanol–water partition coefficient (Wildman–Crippen LogP) is 2.19. The van der Waals surface area contributed by atoms with Gasteiger partial charge in [-0.2, -0.15) is 5.10 Å². The summed E-state index contributed by atoms with van der Waals surface area (Å²) in [4.78, 5) is 19.1. The number of amides is 1. The predicted molar refractivity (Wildman–Crippen MR) is 98.7 cm³/mol. The molecule has 6 nitrogen and oxygen atoms in total. The Labute approximate surface area is 151 Å². The van der Waals surface area contributed by atoms with Gasteiger partial charge in [0.05, 0.1) is 6.20 Å². The summed E-state index contributed by atoms with van der Waals surface area (Å²) in [5.41, 5.74) is 4.44. The number of aromatic nitrogens is 3. The zero-order valence-corrected chi connectivity index (χ0v) is 14.4. The van der Waals surface area contributed by atoms with Crippen molar-refractivity contribution in [2.75, 3.05) is 19.7 Å². The van der Waals surface area contributed by atoms with Crippen LogP contribution in [0.1, 0.15) is 27.9 Å². The molecule has 0 unspecified atom stereocenters. The molecule has 6 heteroatoms. The molecule has 0 radical (unpaired) electrons. The summed E-state index contributed by atoms with van der Waals surface area (Å²) in [5, 5.41) is 13.3. The molecule has 0 atom stereocenters. The van der Waals surface area contributed by atoms with Gasteiger partial charge in [0.1, 0.15) is 5.56 Å². The molecule has 26 heavy (non-hydrogen) atoms. The molecule has 1 aliphatic heterocycles.